The lowest BCUT2D eigenvalue weighted by Crippen LogP contribution is -2.30. The monoisotopic (exact) mass is 307 g/mol. The summed E-state index contributed by atoms with van der Waals surface area (Å²) in [7, 11) is 3.64. The molecular formula is C17H17N5O. The fourth-order valence-electron chi connectivity index (χ4n) is 3.17. The average Bonchev–Trinajstić information content (AvgIpc) is 2.97. The first kappa shape index (κ1) is 13.6. The Morgan fingerprint density at radius 1 is 0.783 bits per heavy atom. The van der Waals surface area contributed by atoms with Gasteiger partial charge in [-0.25, -0.2) is 4.79 Å². The molecule has 0 saturated heterocycles. The van der Waals surface area contributed by atoms with Crippen molar-refractivity contribution in [1.29, 1.82) is 5.41 Å². The number of aryl methyl sites for hydroxylation is 2. The van der Waals surface area contributed by atoms with E-state index in [1.165, 1.54) is 0 Å². The number of imidazole rings is 2. The number of benzene rings is 2. The Morgan fingerprint density at radius 2 is 1.26 bits per heavy atom. The molecule has 0 amide bonds. The normalized spacial score (nSPS) is 11.6. The summed E-state index contributed by atoms with van der Waals surface area (Å²) in [5.41, 5.74) is 3.98. The third-order valence-corrected chi connectivity index (χ3v) is 4.44. The topological polar surface area (TPSA) is 60.6 Å². The molecule has 23 heavy (non-hydrogen) atoms. The van der Waals surface area contributed by atoms with Crippen molar-refractivity contribution in [2.24, 2.45) is 14.1 Å². The summed E-state index contributed by atoms with van der Waals surface area (Å²) in [5.74, 6) is 0. The predicted octanol–water partition coefficient (Wildman–Crippen LogP) is 1.62. The molecule has 2 aromatic heterocycles. The van der Waals surface area contributed by atoms with Crippen LogP contribution >= 0.6 is 0 Å². The highest BCUT2D eigenvalue weighted by atomic mass is 16.1. The highest BCUT2D eigenvalue weighted by molar-refractivity contribution is 5.77. The van der Waals surface area contributed by atoms with Crippen LogP contribution in [0.4, 0.5) is 0 Å². The average molecular weight is 307 g/mol. The summed E-state index contributed by atoms with van der Waals surface area (Å²) in [6.07, 6.45) is 0. The van der Waals surface area contributed by atoms with Gasteiger partial charge in [-0.1, -0.05) is 24.3 Å². The number of nitrogens with zero attached hydrogens (tertiary/aromatic N) is 4. The first-order valence-corrected chi connectivity index (χ1v) is 7.42. The van der Waals surface area contributed by atoms with E-state index in [1.54, 1.807) is 16.2 Å². The van der Waals surface area contributed by atoms with Gasteiger partial charge < -0.3 is 4.57 Å². The molecule has 116 valence electrons. The molecular weight excluding hydrogens is 290 g/mol. The van der Waals surface area contributed by atoms with Crippen LogP contribution < -0.4 is 11.3 Å². The predicted molar refractivity (Wildman–Crippen MR) is 89.3 cm³/mol. The van der Waals surface area contributed by atoms with Gasteiger partial charge in [0.25, 0.3) is 0 Å². The van der Waals surface area contributed by atoms with Crippen LogP contribution in [0.25, 0.3) is 22.1 Å². The van der Waals surface area contributed by atoms with Crippen LogP contribution in [0.15, 0.2) is 53.3 Å². The van der Waals surface area contributed by atoms with Crippen molar-refractivity contribution in [3.05, 3.63) is 64.6 Å². The van der Waals surface area contributed by atoms with E-state index in [9.17, 15) is 4.79 Å². The second-order valence-electron chi connectivity index (χ2n) is 5.70. The molecule has 1 N–H and O–H groups in total. The van der Waals surface area contributed by atoms with Crippen molar-refractivity contribution in [1.82, 2.24) is 18.3 Å². The summed E-state index contributed by atoms with van der Waals surface area (Å²) in [5, 5.41) is 8.36. The SMILES string of the molecule is Cn1c(=N)n(Cn2c(=O)n(C)c3ccccc32)c2ccccc21. The van der Waals surface area contributed by atoms with E-state index in [1.807, 2.05) is 64.7 Å². The van der Waals surface area contributed by atoms with Gasteiger partial charge in [0.2, 0.25) is 5.62 Å². The van der Waals surface area contributed by atoms with Crippen molar-refractivity contribution in [2.75, 3.05) is 0 Å². The molecule has 6 heteroatoms. The zero-order valence-corrected chi connectivity index (χ0v) is 13.0. The van der Waals surface area contributed by atoms with Crippen molar-refractivity contribution >= 4 is 22.1 Å². The number of hydrogen-bond acceptors (Lipinski definition) is 2. The number of aromatic nitrogens is 4. The molecule has 6 nitrogen and oxygen atoms in total. The van der Waals surface area contributed by atoms with E-state index in [2.05, 4.69) is 0 Å². The largest absolute Gasteiger partial charge is 0.330 e. The molecule has 2 aromatic carbocycles. The molecule has 0 aliphatic heterocycles. The highest BCUT2D eigenvalue weighted by Crippen LogP contribution is 2.14. The summed E-state index contributed by atoms with van der Waals surface area (Å²) in [6.45, 7) is 0.320. The van der Waals surface area contributed by atoms with Crippen molar-refractivity contribution in [3.63, 3.8) is 0 Å². The van der Waals surface area contributed by atoms with Crippen LogP contribution in [0.3, 0.4) is 0 Å². The Hall–Kier alpha value is -3.02. The first-order chi connectivity index (χ1) is 11.1. The van der Waals surface area contributed by atoms with Crippen LogP contribution in [0, 0.1) is 5.41 Å². The fraction of sp³-hybridized carbons (Fsp3) is 0.176. The maximum atomic E-state index is 12.6. The number of para-hydroxylation sites is 4. The molecule has 2 heterocycles. The fourth-order valence-corrected chi connectivity index (χ4v) is 3.17. The lowest BCUT2D eigenvalue weighted by Gasteiger charge is -2.06. The van der Waals surface area contributed by atoms with Gasteiger partial charge >= 0.3 is 5.69 Å². The molecule has 0 radical (unpaired) electrons. The zero-order valence-electron chi connectivity index (χ0n) is 13.0. The quantitative estimate of drug-likeness (QED) is 0.601. The Morgan fingerprint density at radius 3 is 1.87 bits per heavy atom. The molecule has 0 atom stereocenters. The minimum absolute atomic E-state index is 0.0777. The van der Waals surface area contributed by atoms with E-state index in [-0.39, 0.29) is 5.69 Å². The maximum absolute atomic E-state index is 12.6. The third-order valence-electron chi connectivity index (χ3n) is 4.44. The smallest absolute Gasteiger partial charge is 0.313 e. The molecule has 0 aliphatic rings. The van der Waals surface area contributed by atoms with E-state index < -0.39 is 0 Å². The number of nitrogens with one attached hydrogen (secondary N) is 1. The van der Waals surface area contributed by atoms with E-state index in [4.69, 9.17) is 5.41 Å². The molecule has 0 unspecified atom stereocenters. The molecule has 0 saturated carbocycles. The van der Waals surface area contributed by atoms with Gasteiger partial charge in [-0.3, -0.25) is 19.1 Å². The molecule has 0 fully saturated rings. The Balaban J connectivity index is 2.00. The van der Waals surface area contributed by atoms with Crippen molar-refractivity contribution in [3.8, 4) is 0 Å². The van der Waals surface area contributed by atoms with Gasteiger partial charge in [0.05, 0.1) is 22.1 Å². The van der Waals surface area contributed by atoms with E-state index >= 15 is 0 Å². The van der Waals surface area contributed by atoms with Crippen LogP contribution in [0.5, 0.6) is 0 Å². The van der Waals surface area contributed by atoms with Crippen molar-refractivity contribution < 1.29 is 0 Å². The first-order valence-electron chi connectivity index (χ1n) is 7.42. The Bertz CT molecular complexity index is 1060. The van der Waals surface area contributed by atoms with Crippen LogP contribution in [-0.4, -0.2) is 18.3 Å². The molecule has 4 rings (SSSR count). The summed E-state index contributed by atoms with van der Waals surface area (Å²) < 4.78 is 7.03. The summed E-state index contributed by atoms with van der Waals surface area (Å²) in [6, 6.07) is 15.6. The summed E-state index contributed by atoms with van der Waals surface area (Å²) in [4.78, 5) is 12.6. The standard InChI is InChI=1S/C17H17N5O/c1-19-12-7-3-5-9-14(12)21(16(19)18)11-22-15-10-6-4-8-13(15)20(2)17(22)23/h3-10,18H,11H2,1-2H3. The molecule has 0 aliphatic carbocycles. The van der Waals surface area contributed by atoms with Crippen LogP contribution in [0.2, 0.25) is 0 Å². The second kappa shape index (κ2) is 4.74. The maximum Gasteiger partial charge on any atom is 0.330 e. The van der Waals surface area contributed by atoms with Gasteiger partial charge in [0.1, 0.15) is 6.67 Å². The van der Waals surface area contributed by atoms with Gasteiger partial charge in [0.15, 0.2) is 0 Å². The minimum Gasteiger partial charge on any atom is -0.313 e. The lowest BCUT2D eigenvalue weighted by molar-refractivity contribution is 0.565. The number of fused-ring (bicyclic) bond motifs is 2. The second-order valence-corrected chi connectivity index (χ2v) is 5.70. The van der Waals surface area contributed by atoms with E-state index in [0.29, 0.717) is 12.3 Å². The Labute approximate surface area is 131 Å². The van der Waals surface area contributed by atoms with Gasteiger partial charge in [0, 0.05) is 14.1 Å². The van der Waals surface area contributed by atoms with E-state index in [0.717, 1.165) is 22.1 Å². The van der Waals surface area contributed by atoms with Gasteiger partial charge in [-0.15, -0.1) is 0 Å². The lowest BCUT2D eigenvalue weighted by atomic mass is 10.3. The molecule has 0 spiro atoms. The number of hydrogen-bond donors (Lipinski definition) is 1. The molecule has 0 bridgehead atoms. The third kappa shape index (κ3) is 1.81. The molecule has 4 aromatic rings. The summed E-state index contributed by atoms with van der Waals surface area (Å²) >= 11 is 0. The minimum atomic E-state index is -0.0777. The van der Waals surface area contributed by atoms with Crippen LogP contribution in [0.1, 0.15) is 0 Å². The van der Waals surface area contributed by atoms with Gasteiger partial charge in [-0.05, 0) is 24.3 Å². The van der Waals surface area contributed by atoms with Gasteiger partial charge in [-0.2, -0.15) is 0 Å². The van der Waals surface area contributed by atoms with Crippen molar-refractivity contribution in [2.45, 2.75) is 6.67 Å². The highest BCUT2D eigenvalue weighted by Gasteiger charge is 2.13. The van der Waals surface area contributed by atoms with Crippen LogP contribution in [-0.2, 0) is 20.8 Å². The zero-order chi connectivity index (χ0) is 16.1. The number of rotatable bonds is 2. The Kier molecular flexibility index (Phi) is 2.81.